The fraction of sp³-hybridized carbons (Fsp3) is 0.333. The lowest BCUT2D eigenvalue weighted by Gasteiger charge is -2.19. The molecule has 0 saturated heterocycles. The standard InChI is InChI=1S/C18H23NO/c1-4-15-9-8-10-16(13-15)19-14(3)17-11-6-7-12-18(17)20-5-2/h6-14,19H,4-5H2,1-3H3. The van der Waals surface area contributed by atoms with Crippen LogP contribution in [0, 0.1) is 0 Å². The van der Waals surface area contributed by atoms with E-state index in [2.05, 4.69) is 55.6 Å². The Morgan fingerprint density at radius 3 is 2.60 bits per heavy atom. The minimum atomic E-state index is 0.213. The Labute approximate surface area is 121 Å². The van der Waals surface area contributed by atoms with Crippen LogP contribution in [0.3, 0.4) is 0 Å². The average molecular weight is 269 g/mol. The van der Waals surface area contributed by atoms with Crippen molar-refractivity contribution in [2.45, 2.75) is 33.2 Å². The summed E-state index contributed by atoms with van der Waals surface area (Å²) in [5, 5.41) is 3.55. The first kappa shape index (κ1) is 14.4. The molecule has 0 amide bonds. The molecule has 0 aliphatic heterocycles. The molecule has 0 aliphatic rings. The van der Waals surface area contributed by atoms with Gasteiger partial charge in [-0.15, -0.1) is 0 Å². The highest BCUT2D eigenvalue weighted by molar-refractivity contribution is 5.49. The zero-order valence-electron chi connectivity index (χ0n) is 12.5. The van der Waals surface area contributed by atoms with E-state index in [-0.39, 0.29) is 6.04 Å². The van der Waals surface area contributed by atoms with Crippen molar-refractivity contribution in [2.24, 2.45) is 0 Å². The van der Waals surface area contributed by atoms with Gasteiger partial charge in [-0.3, -0.25) is 0 Å². The summed E-state index contributed by atoms with van der Waals surface area (Å²) in [6.45, 7) is 7.04. The lowest BCUT2D eigenvalue weighted by atomic mass is 10.1. The van der Waals surface area contributed by atoms with Crippen LogP contribution < -0.4 is 10.1 Å². The van der Waals surface area contributed by atoms with E-state index in [4.69, 9.17) is 4.74 Å². The summed E-state index contributed by atoms with van der Waals surface area (Å²) in [5.41, 5.74) is 3.69. The summed E-state index contributed by atoms with van der Waals surface area (Å²) in [6.07, 6.45) is 1.05. The van der Waals surface area contributed by atoms with E-state index in [1.165, 1.54) is 11.1 Å². The number of para-hydroxylation sites is 1. The zero-order chi connectivity index (χ0) is 14.4. The third kappa shape index (κ3) is 3.53. The first-order valence-electron chi connectivity index (χ1n) is 7.31. The fourth-order valence-corrected chi connectivity index (χ4v) is 2.33. The number of benzene rings is 2. The Morgan fingerprint density at radius 1 is 1.05 bits per heavy atom. The number of hydrogen-bond acceptors (Lipinski definition) is 2. The number of rotatable bonds is 6. The molecule has 0 radical (unpaired) electrons. The summed E-state index contributed by atoms with van der Waals surface area (Å²) >= 11 is 0. The van der Waals surface area contributed by atoms with Crippen molar-refractivity contribution in [1.82, 2.24) is 0 Å². The van der Waals surface area contributed by atoms with Crippen LogP contribution in [0.25, 0.3) is 0 Å². The average Bonchev–Trinajstić information content (AvgIpc) is 2.48. The molecule has 2 rings (SSSR count). The molecule has 2 aromatic carbocycles. The highest BCUT2D eigenvalue weighted by Gasteiger charge is 2.11. The molecule has 1 N–H and O–H groups in total. The van der Waals surface area contributed by atoms with Gasteiger partial charge >= 0.3 is 0 Å². The van der Waals surface area contributed by atoms with Gasteiger partial charge in [0, 0.05) is 11.3 Å². The van der Waals surface area contributed by atoms with Crippen molar-refractivity contribution in [2.75, 3.05) is 11.9 Å². The molecular formula is C18H23NO. The summed E-state index contributed by atoms with van der Waals surface area (Å²) < 4.78 is 5.70. The van der Waals surface area contributed by atoms with Crippen molar-refractivity contribution in [3.05, 3.63) is 59.7 Å². The largest absolute Gasteiger partial charge is 0.494 e. The summed E-state index contributed by atoms with van der Waals surface area (Å²) in [7, 11) is 0. The van der Waals surface area contributed by atoms with Gasteiger partial charge in [-0.2, -0.15) is 0 Å². The summed E-state index contributed by atoms with van der Waals surface area (Å²) in [4.78, 5) is 0. The molecule has 1 unspecified atom stereocenters. The van der Waals surface area contributed by atoms with Crippen molar-refractivity contribution in [1.29, 1.82) is 0 Å². The first-order valence-corrected chi connectivity index (χ1v) is 7.31. The van der Waals surface area contributed by atoms with Gasteiger partial charge in [0.05, 0.1) is 12.6 Å². The Kier molecular flexibility index (Phi) is 5.05. The SMILES string of the molecule is CCOc1ccccc1C(C)Nc1cccc(CC)c1. The summed E-state index contributed by atoms with van der Waals surface area (Å²) in [6, 6.07) is 17.0. The van der Waals surface area contributed by atoms with Crippen LogP contribution in [0.15, 0.2) is 48.5 Å². The van der Waals surface area contributed by atoms with Crippen LogP contribution in [-0.4, -0.2) is 6.61 Å². The van der Waals surface area contributed by atoms with Crippen LogP contribution in [0.5, 0.6) is 5.75 Å². The molecule has 2 nitrogen and oxygen atoms in total. The summed E-state index contributed by atoms with van der Waals surface area (Å²) in [5.74, 6) is 0.960. The second-order valence-electron chi connectivity index (χ2n) is 4.89. The number of nitrogens with one attached hydrogen (secondary N) is 1. The minimum absolute atomic E-state index is 0.213. The van der Waals surface area contributed by atoms with Crippen molar-refractivity contribution < 1.29 is 4.74 Å². The molecule has 0 aromatic heterocycles. The first-order chi connectivity index (χ1) is 9.74. The smallest absolute Gasteiger partial charge is 0.124 e. The number of ether oxygens (including phenoxy) is 1. The van der Waals surface area contributed by atoms with Crippen LogP contribution >= 0.6 is 0 Å². The Hall–Kier alpha value is -1.96. The Bertz CT molecular complexity index is 551. The maximum Gasteiger partial charge on any atom is 0.124 e. The van der Waals surface area contributed by atoms with E-state index in [1.54, 1.807) is 0 Å². The van der Waals surface area contributed by atoms with Crippen molar-refractivity contribution in [3.63, 3.8) is 0 Å². The predicted octanol–water partition coefficient (Wildman–Crippen LogP) is 4.82. The monoisotopic (exact) mass is 269 g/mol. The van der Waals surface area contributed by atoms with Crippen LogP contribution in [0.4, 0.5) is 5.69 Å². The number of anilines is 1. The molecule has 20 heavy (non-hydrogen) atoms. The van der Waals surface area contributed by atoms with E-state index < -0.39 is 0 Å². The third-order valence-electron chi connectivity index (χ3n) is 3.40. The molecular weight excluding hydrogens is 246 g/mol. The molecule has 106 valence electrons. The highest BCUT2D eigenvalue weighted by Crippen LogP contribution is 2.28. The molecule has 0 saturated carbocycles. The molecule has 0 spiro atoms. The van der Waals surface area contributed by atoms with Gasteiger partial charge in [0.1, 0.15) is 5.75 Å². The molecule has 0 heterocycles. The van der Waals surface area contributed by atoms with Gasteiger partial charge in [0.2, 0.25) is 0 Å². The van der Waals surface area contributed by atoms with Gasteiger partial charge in [-0.05, 0) is 44.0 Å². The van der Waals surface area contributed by atoms with Crippen molar-refractivity contribution >= 4 is 5.69 Å². The van der Waals surface area contributed by atoms with E-state index in [0.29, 0.717) is 6.61 Å². The Morgan fingerprint density at radius 2 is 1.85 bits per heavy atom. The van der Waals surface area contributed by atoms with Crippen LogP contribution in [-0.2, 0) is 6.42 Å². The quantitative estimate of drug-likeness (QED) is 0.811. The lowest BCUT2D eigenvalue weighted by molar-refractivity contribution is 0.335. The molecule has 0 aliphatic carbocycles. The maximum atomic E-state index is 5.70. The second-order valence-corrected chi connectivity index (χ2v) is 4.89. The molecule has 2 heteroatoms. The van der Waals surface area contributed by atoms with Gasteiger partial charge in [0.25, 0.3) is 0 Å². The van der Waals surface area contributed by atoms with Gasteiger partial charge in [-0.25, -0.2) is 0 Å². The lowest BCUT2D eigenvalue weighted by Crippen LogP contribution is -2.09. The van der Waals surface area contributed by atoms with Gasteiger partial charge in [0.15, 0.2) is 0 Å². The maximum absolute atomic E-state index is 5.70. The number of hydrogen-bond donors (Lipinski definition) is 1. The molecule has 0 fully saturated rings. The van der Waals surface area contributed by atoms with E-state index in [0.717, 1.165) is 17.9 Å². The topological polar surface area (TPSA) is 21.3 Å². The normalized spacial score (nSPS) is 11.9. The molecule has 1 atom stereocenters. The predicted molar refractivity (Wildman–Crippen MR) is 85.5 cm³/mol. The third-order valence-corrected chi connectivity index (χ3v) is 3.40. The van der Waals surface area contributed by atoms with E-state index in [1.807, 2.05) is 19.1 Å². The van der Waals surface area contributed by atoms with Crippen LogP contribution in [0.1, 0.15) is 37.9 Å². The van der Waals surface area contributed by atoms with Gasteiger partial charge < -0.3 is 10.1 Å². The zero-order valence-corrected chi connectivity index (χ0v) is 12.5. The second kappa shape index (κ2) is 6.99. The fourth-order valence-electron chi connectivity index (χ4n) is 2.33. The Balaban J connectivity index is 2.17. The molecule has 0 bridgehead atoms. The highest BCUT2D eigenvalue weighted by atomic mass is 16.5. The van der Waals surface area contributed by atoms with E-state index >= 15 is 0 Å². The van der Waals surface area contributed by atoms with E-state index in [9.17, 15) is 0 Å². The van der Waals surface area contributed by atoms with Crippen LogP contribution in [0.2, 0.25) is 0 Å². The number of aryl methyl sites for hydroxylation is 1. The van der Waals surface area contributed by atoms with Gasteiger partial charge in [-0.1, -0.05) is 37.3 Å². The molecule has 2 aromatic rings. The van der Waals surface area contributed by atoms with Crippen molar-refractivity contribution in [3.8, 4) is 5.75 Å². The minimum Gasteiger partial charge on any atom is -0.494 e.